The summed E-state index contributed by atoms with van der Waals surface area (Å²) in [6.07, 6.45) is -0.749. The zero-order valence-corrected chi connectivity index (χ0v) is 8.73. The number of hydrogen-bond donors (Lipinski definition) is 3. The highest BCUT2D eigenvalue weighted by Gasteiger charge is 2.20. The molecule has 0 aromatic carbocycles. The molecule has 0 aromatic heterocycles. The number of methoxy groups -OCH3 is 1. The molecule has 2 atom stereocenters. The van der Waals surface area contributed by atoms with Gasteiger partial charge in [-0.2, -0.15) is 0 Å². The van der Waals surface area contributed by atoms with Crippen molar-refractivity contribution < 1.29 is 24.2 Å². The highest BCUT2D eigenvalue weighted by molar-refractivity contribution is 5.88. The van der Waals surface area contributed by atoms with Gasteiger partial charge in [-0.25, -0.2) is 4.79 Å². The van der Waals surface area contributed by atoms with Crippen molar-refractivity contribution in [2.24, 2.45) is 0 Å². The number of carbonyl (C=O) groups is 3. The van der Waals surface area contributed by atoms with E-state index in [1.807, 2.05) is 0 Å². The van der Waals surface area contributed by atoms with Gasteiger partial charge in [0.1, 0.15) is 12.1 Å². The van der Waals surface area contributed by atoms with E-state index in [1.54, 1.807) is 0 Å². The molecule has 3 N–H and O–H groups in total. The summed E-state index contributed by atoms with van der Waals surface area (Å²) in [4.78, 5) is 32.4. The van der Waals surface area contributed by atoms with Gasteiger partial charge in [0.2, 0.25) is 5.91 Å². The zero-order valence-electron chi connectivity index (χ0n) is 8.73. The third-order valence-corrected chi connectivity index (χ3v) is 1.64. The van der Waals surface area contributed by atoms with Crippen LogP contribution < -0.4 is 10.6 Å². The molecule has 86 valence electrons. The molecule has 0 fully saturated rings. The Morgan fingerprint density at radius 3 is 2.07 bits per heavy atom. The summed E-state index contributed by atoms with van der Waals surface area (Å²) < 4.78 is 4.28. The molecule has 15 heavy (non-hydrogen) atoms. The van der Waals surface area contributed by atoms with Gasteiger partial charge in [0.05, 0.1) is 7.11 Å². The summed E-state index contributed by atoms with van der Waals surface area (Å²) in [5.41, 5.74) is 0. The Bertz CT molecular complexity index is 266. The molecule has 0 spiro atoms. The Kier molecular flexibility index (Phi) is 5.14. The van der Waals surface area contributed by atoms with E-state index in [2.05, 4.69) is 15.4 Å². The normalized spacial score (nSPS) is 13.5. The molecule has 0 aliphatic heterocycles. The fourth-order valence-corrected chi connectivity index (χ4v) is 0.701. The summed E-state index contributed by atoms with van der Waals surface area (Å²) >= 11 is 0. The lowest BCUT2D eigenvalue weighted by atomic mass is 10.2. The van der Waals surface area contributed by atoms with Gasteiger partial charge in [0.15, 0.2) is 0 Å². The van der Waals surface area contributed by atoms with Crippen LogP contribution in [0.2, 0.25) is 0 Å². The van der Waals surface area contributed by atoms with Gasteiger partial charge in [-0.05, 0) is 13.8 Å². The quantitative estimate of drug-likeness (QED) is 0.580. The van der Waals surface area contributed by atoms with Crippen LogP contribution in [0.4, 0.5) is 4.79 Å². The van der Waals surface area contributed by atoms with Crippen LogP contribution in [0.3, 0.4) is 0 Å². The van der Waals surface area contributed by atoms with Gasteiger partial charge in [0.25, 0.3) is 0 Å². The van der Waals surface area contributed by atoms with E-state index in [1.165, 1.54) is 21.0 Å². The minimum Gasteiger partial charge on any atom is -0.480 e. The number of carbonyl (C=O) groups excluding carboxylic acids is 2. The van der Waals surface area contributed by atoms with Gasteiger partial charge >= 0.3 is 12.1 Å². The van der Waals surface area contributed by atoms with Crippen molar-refractivity contribution in [2.75, 3.05) is 7.11 Å². The third kappa shape index (κ3) is 4.84. The number of carboxylic acid groups (broad SMARTS) is 1. The molecule has 0 aliphatic rings. The second-order valence-corrected chi connectivity index (χ2v) is 2.93. The molecule has 0 heterocycles. The van der Waals surface area contributed by atoms with Gasteiger partial charge in [-0.1, -0.05) is 0 Å². The molecule has 2 amide bonds. The Balaban J connectivity index is 4.10. The number of aliphatic carboxylic acids is 1. The minimum absolute atomic E-state index is 0.588. The van der Waals surface area contributed by atoms with Crippen molar-refractivity contribution >= 4 is 18.0 Å². The largest absolute Gasteiger partial charge is 0.480 e. The Morgan fingerprint density at radius 1 is 1.13 bits per heavy atom. The lowest BCUT2D eigenvalue weighted by molar-refractivity contribution is -0.141. The van der Waals surface area contributed by atoms with Crippen LogP contribution in [0.1, 0.15) is 13.8 Å². The highest BCUT2D eigenvalue weighted by Crippen LogP contribution is 1.87. The molecular weight excluding hydrogens is 204 g/mol. The van der Waals surface area contributed by atoms with Crippen LogP contribution in [-0.4, -0.2) is 42.3 Å². The summed E-state index contributed by atoms with van der Waals surface area (Å²) in [5.74, 6) is -1.73. The molecule has 0 aromatic rings. The van der Waals surface area contributed by atoms with Crippen LogP contribution in [0, 0.1) is 0 Å². The van der Waals surface area contributed by atoms with E-state index < -0.39 is 30.1 Å². The monoisotopic (exact) mass is 218 g/mol. The molecule has 7 heteroatoms. The Hall–Kier alpha value is -1.79. The van der Waals surface area contributed by atoms with E-state index in [0.717, 1.165) is 0 Å². The maximum Gasteiger partial charge on any atom is 0.407 e. The number of rotatable bonds is 4. The second kappa shape index (κ2) is 5.84. The predicted molar refractivity (Wildman–Crippen MR) is 50.2 cm³/mol. The predicted octanol–water partition coefficient (Wildman–Crippen LogP) is -0.680. The maximum atomic E-state index is 11.3. The highest BCUT2D eigenvalue weighted by atomic mass is 16.5. The third-order valence-electron chi connectivity index (χ3n) is 1.64. The molecule has 0 aliphatic carbocycles. The lowest BCUT2D eigenvalue weighted by Gasteiger charge is -2.15. The Morgan fingerprint density at radius 2 is 1.67 bits per heavy atom. The van der Waals surface area contributed by atoms with Crippen molar-refractivity contribution in [2.45, 2.75) is 25.9 Å². The minimum atomic E-state index is -1.14. The summed E-state index contributed by atoms with van der Waals surface area (Å²) in [7, 11) is 1.17. The van der Waals surface area contributed by atoms with Crippen LogP contribution >= 0.6 is 0 Å². The maximum absolute atomic E-state index is 11.3. The summed E-state index contributed by atoms with van der Waals surface area (Å²) in [5, 5.41) is 12.9. The number of nitrogens with one attached hydrogen (secondary N) is 2. The van der Waals surface area contributed by atoms with Crippen LogP contribution in [0.25, 0.3) is 0 Å². The van der Waals surface area contributed by atoms with Crippen molar-refractivity contribution in [1.29, 1.82) is 0 Å². The van der Waals surface area contributed by atoms with E-state index in [-0.39, 0.29) is 0 Å². The molecular formula is C8H14N2O5. The summed E-state index contributed by atoms with van der Waals surface area (Å²) in [6, 6.07) is -1.85. The number of carboxylic acids is 1. The second-order valence-electron chi connectivity index (χ2n) is 2.93. The van der Waals surface area contributed by atoms with Crippen LogP contribution in [0.15, 0.2) is 0 Å². The van der Waals surface area contributed by atoms with E-state index >= 15 is 0 Å². The molecule has 0 rings (SSSR count). The molecule has 0 saturated heterocycles. The zero-order chi connectivity index (χ0) is 12.0. The SMILES string of the molecule is COC(=O)NC(C)C(=O)NC(C)C(=O)O. The first kappa shape index (κ1) is 13.2. The lowest BCUT2D eigenvalue weighted by Crippen LogP contribution is -2.49. The first-order valence-electron chi connectivity index (χ1n) is 4.26. The average molecular weight is 218 g/mol. The van der Waals surface area contributed by atoms with Gasteiger partial charge in [-0.15, -0.1) is 0 Å². The molecule has 7 nitrogen and oxygen atoms in total. The first-order valence-corrected chi connectivity index (χ1v) is 4.26. The van der Waals surface area contributed by atoms with Gasteiger partial charge in [0, 0.05) is 0 Å². The Labute approximate surface area is 86.8 Å². The number of alkyl carbamates (subject to hydrolysis) is 1. The molecule has 0 radical (unpaired) electrons. The van der Waals surface area contributed by atoms with Crippen LogP contribution in [0.5, 0.6) is 0 Å². The first-order chi connectivity index (χ1) is 6.88. The molecule has 0 bridgehead atoms. The fraction of sp³-hybridized carbons (Fsp3) is 0.625. The number of amides is 2. The standard InChI is InChI=1S/C8H14N2O5/c1-4(10-8(14)15-3)6(11)9-5(2)7(12)13/h4-5H,1-3H3,(H,9,11)(H,10,14)(H,12,13). The van der Waals surface area contributed by atoms with Crippen molar-refractivity contribution in [3.63, 3.8) is 0 Å². The van der Waals surface area contributed by atoms with E-state index in [4.69, 9.17) is 5.11 Å². The van der Waals surface area contributed by atoms with Crippen LogP contribution in [-0.2, 0) is 14.3 Å². The van der Waals surface area contributed by atoms with Gasteiger partial charge < -0.3 is 20.5 Å². The summed E-state index contributed by atoms with van der Waals surface area (Å²) in [6.45, 7) is 2.74. The molecule has 0 saturated carbocycles. The van der Waals surface area contributed by atoms with E-state index in [9.17, 15) is 14.4 Å². The van der Waals surface area contributed by atoms with Crippen molar-refractivity contribution in [3.8, 4) is 0 Å². The van der Waals surface area contributed by atoms with Gasteiger partial charge in [-0.3, -0.25) is 9.59 Å². The average Bonchev–Trinajstić information content (AvgIpc) is 2.16. The topological polar surface area (TPSA) is 105 Å². The fourth-order valence-electron chi connectivity index (χ4n) is 0.701. The number of hydrogen-bond acceptors (Lipinski definition) is 4. The van der Waals surface area contributed by atoms with E-state index in [0.29, 0.717) is 0 Å². The van der Waals surface area contributed by atoms with Crippen molar-refractivity contribution in [1.82, 2.24) is 10.6 Å². The smallest absolute Gasteiger partial charge is 0.407 e. The molecule has 2 unspecified atom stereocenters. The number of ether oxygens (including phenoxy) is 1. The van der Waals surface area contributed by atoms with Crippen molar-refractivity contribution in [3.05, 3.63) is 0 Å².